The zero-order valence-corrected chi connectivity index (χ0v) is 11.7. The summed E-state index contributed by atoms with van der Waals surface area (Å²) in [5.41, 5.74) is 0.210. The quantitative estimate of drug-likeness (QED) is 0.907. The summed E-state index contributed by atoms with van der Waals surface area (Å²) in [5, 5.41) is 12.0. The second-order valence-electron chi connectivity index (χ2n) is 4.84. The van der Waals surface area contributed by atoms with Gasteiger partial charge in [0.25, 0.3) is 5.56 Å². The third kappa shape index (κ3) is 2.75. The first kappa shape index (κ1) is 13.6. The van der Waals surface area contributed by atoms with Gasteiger partial charge in [-0.3, -0.25) is 4.79 Å². The molecule has 0 unspecified atom stereocenters. The molecule has 21 heavy (non-hydrogen) atoms. The van der Waals surface area contributed by atoms with Gasteiger partial charge in [-0.25, -0.2) is 9.78 Å². The molecule has 1 heterocycles. The number of carbonyl (C=O) groups is 1. The number of nitrogens with zero attached hydrogens (tertiary/aromatic N) is 2. The summed E-state index contributed by atoms with van der Waals surface area (Å²) < 4.78 is 1.64. The Hall–Kier alpha value is -2.34. The third-order valence-corrected chi connectivity index (χ3v) is 3.60. The molecule has 1 aliphatic rings. The predicted octanol–water partition coefficient (Wildman–Crippen LogP) is 2.67. The largest absolute Gasteiger partial charge is 0.478 e. The molecule has 1 aromatic carbocycles. The zero-order chi connectivity index (χ0) is 15.0. The van der Waals surface area contributed by atoms with Crippen molar-refractivity contribution in [2.24, 2.45) is 0 Å². The predicted molar refractivity (Wildman–Crippen MR) is 78.5 cm³/mol. The van der Waals surface area contributed by atoms with Crippen molar-refractivity contribution in [1.29, 1.82) is 0 Å². The number of hydrogen-bond acceptors (Lipinski definition) is 4. The van der Waals surface area contributed by atoms with E-state index in [1.807, 2.05) is 0 Å². The van der Waals surface area contributed by atoms with Crippen LogP contribution in [-0.4, -0.2) is 20.6 Å². The van der Waals surface area contributed by atoms with Gasteiger partial charge in [0.15, 0.2) is 5.82 Å². The van der Waals surface area contributed by atoms with Gasteiger partial charge < -0.3 is 15.0 Å². The fourth-order valence-corrected chi connectivity index (χ4v) is 2.25. The number of anilines is 2. The second kappa shape index (κ2) is 5.21. The summed E-state index contributed by atoms with van der Waals surface area (Å²) in [7, 11) is 0. The summed E-state index contributed by atoms with van der Waals surface area (Å²) in [5.74, 6) is -0.955. The van der Waals surface area contributed by atoms with Crippen molar-refractivity contribution in [2.45, 2.75) is 18.9 Å². The maximum absolute atomic E-state index is 12.2. The normalized spacial score (nSPS) is 14.0. The molecule has 7 heteroatoms. The van der Waals surface area contributed by atoms with Crippen molar-refractivity contribution in [1.82, 2.24) is 9.55 Å². The third-order valence-electron chi connectivity index (χ3n) is 3.27. The van der Waals surface area contributed by atoms with E-state index in [1.165, 1.54) is 12.1 Å². The molecule has 1 aliphatic carbocycles. The van der Waals surface area contributed by atoms with Crippen LogP contribution < -0.4 is 10.9 Å². The van der Waals surface area contributed by atoms with Crippen molar-refractivity contribution in [3.8, 4) is 0 Å². The van der Waals surface area contributed by atoms with Crippen LogP contribution in [0.3, 0.4) is 0 Å². The first-order valence-electron chi connectivity index (χ1n) is 6.43. The number of nitrogens with one attached hydrogen (secondary N) is 1. The first-order chi connectivity index (χ1) is 10.1. The van der Waals surface area contributed by atoms with E-state index in [0.29, 0.717) is 5.69 Å². The molecule has 0 spiro atoms. The Morgan fingerprint density at radius 2 is 2.19 bits per heavy atom. The molecule has 1 aromatic heterocycles. The topological polar surface area (TPSA) is 84.2 Å². The molecule has 0 aliphatic heterocycles. The van der Waals surface area contributed by atoms with Gasteiger partial charge in [-0.15, -0.1) is 0 Å². The van der Waals surface area contributed by atoms with E-state index in [2.05, 4.69) is 10.3 Å². The van der Waals surface area contributed by atoms with Crippen LogP contribution in [0.4, 0.5) is 11.5 Å². The number of rotatable bonds is 4. The van der Waals surface area contributed by atoms with Gasteiger partial charge in [-0.1, -0.05) is 11.6 Å². The van der Waals surface area contributed by atoms with Gasteiger partial charge in [0.05, 0.1) is 10.6 Å². The Balaban J connectivity index is 1.94. The van der Waals surface area contributed by atoms with Gasteiger partial charge >= 0.3 is 5.97 Å². The summed E-state index contributed by atoms with van der Waals surface area (Å²) in [6.45, 7) is 0. The molecule has 0 bridgehead atoms. The van der Waals surface area contributed by atoms with Gasteiger partial charge in [0.1, 0.15) is 0 Å². The minimum Gasteiger partial charge on any atom is -0.478 e. The number of benzene rings is 1. The zero-order valence-electron chi connectivity index (χ0n) is 10.9. The van der Waals surface area contributed by atoms with Crippen LogP contribution in [0.15, 0.2) is 35.4 Å². The molecule has 2 aromatic rings. The van der Waals surface area contributed by atoms with E-state index >= 15 is 0 Å². The summed E-state index contributed by atoms with van der Waals surface area (Å²) in [6.07, 6.45) is 5.20. The van der Waals surface area contributed by atoms with Crippen LogP contribution in [-0.2, 0) is 0 Å². The Kier molecular flexibility index (Phi) is 3.39. The van der Waals surface area contributed by atoms with E-state index in [1.54, 1.807) is 23.0 Å². The van der Waals surface area contributed by atoms with Crippen LogP contribution in [0.2, 0.25) is 5.02 Å². The van der Waals surface area contributed by atoms with E-state index in [-0.39, 0.29) is 28.0 Å². The smallest absolute Gasteiger partial charge is 0.337 e. The highest BCUT2D eigenvalue weighted by Gasteiger charge is 2.25. The van der Waals surface area contributed by atoms with Crippen molar-refractivity contribution in [2.75, 3.05) is 5.32 Å². The molecule has 1 saturated carbocycles. The Bertz CT molecular complexity index is 768. The minimum atomic E-state index is -1.12. The number of halogens is 1. The van der Waals surface area contributed by atoms with Gasteiger partial charge in [0.2, 0.25) is 0 Å². The molecule has 0 atom stereocenters. The fourth-order valence-electron chi connectivity index (χ4n) is 2.05. The summed E-state index contributed by atoms with van der Waals surface area (Å²) in [6, 6.07) is 4.70. The molecule has 0 amide bonds. The molecule has 6 nitrogen and oxygen atoms in total. The lowest BCUT2D eigenvalue weighted by molar-refractivity contribution is 0.0697. The van der Waals surface area contributed by atoms with Crippen LogP contribution in [0, 0.1) is 0 Å². The highest BCUT2D eigenvalue weighted by molar-refractivity contribution is 6.33. The van der Waals surface area contributed by atoms with Crippen LogP contribution in [0.1, 0.15) is 29.2 Å². The van der Waals surface area contributed by atoms with Crippen molar-refractivity contribution >= 4 is 29.1 Å². The first-order valence-corrected chi connectivity index (χ1v) is 6.81. The maximum Gasteiger partial charge on any atom is 0.337 e. The molecule has 2 N–H and O–H groups in total. The lowest BCUT2D eigenvalue weighted by Crippen LogP contribution is -2.22. The van der Waals surface area contributed by atoms with Crippen LogP contribution in [0.25, 0.3) is 0 Å². The second-order valence-corrected chi connectivity index (χ2v) is 5.25. The van der Waals surface area contributed by atoms with Gasteiger partial charge in [0, 0.05) is 24.1 Å². The SMILES string of the molecule is O=C(O)c1cc(Nc2nccn(C3CC3)c2=O)ccc1Cl. The maximum atomic E-state index is 12.2. The van der Waals surface area contributed by atoms with Gasteiger partial charge in [-0.05, 0) is 31.0 Å². The minimum absolute atomic E-state index is 0.0277. The number of aromatic nitrogens is 2. The highest BCUT2D eigenvalue weighted by atomic mass is 35.5. The standard InChI is InChI=1S/C14H12ClN3O3/c15-11-4-1-8(7-10(11)14(20)21)17-12-13(19)18(6-5-16-12)9-2-3-9/h1,4-7,9H,2-3H2,(H,16,17)(H,20,21). The van der Waals surface area contributed by atoms with Crippen molar-refractivity contribution < 1.29 is 9.90 Å². The van der Waals surface area contributed by atoms with E-state index in [9.17, 15) is 9.59 Å². The van der Waals surface area contributed by atoms with Crippen molar-refractivity contribution in [3.63, 3.8) is 0 Å². The molecular weight excluding hydrogens is 294 g/mol. The lowest BCUT2D eigenvalue weighted by Gasteiger charge is -2.09. The van der Waals surface area contributed by atoms with E-state index in [4.69, 9.17) is 16.7 Å². The van der Waals surface area contributed by atoms with Crippen molar-refractivity contribution in [3.05, 3.63) is 51.5 Å². The lowest BCUT2D eigenvalue weighted by atomic mass is 10.2. The molecule has 0 saturated heterocycles. The average molecular weight is 306 g/mol. The molecule has 0 radical (unpaired) electrons. The van der Waals surface area contributed by atoms with E-state index < -0.39 is 5.97 Å². The molecular formula is C14H12ClN3O3. The number of hydrogen-bond donors (Lipinski definition) is 2. The van der Waals surface area contributed by atoms with Crippen LogP contribution in [0.5, 0.6) is 0 Å². The number of carboxylic acids is 1. The van der Waals surface area contributed by atoms with E-state index in [0.717, 1.165) is 12.8 Å². The number of aromatic carboxylic acids is 1. The van der Waals surface area contributed by atoms with Crippen LogP contribution >= 0.6 is 11.6 Å². The Morgan fingerprint density at radius 3 is 2.86 bits per heavy atom. The number of carboxylic acid groups (broad SMARTS) is 1. The monoisotopic (exact) mass is 305 g/mol. The Morgan fingerprint density at radius 1 is 1.43 bits per heavy atom. The van der Waals surface area contributed by atoms with Gasteiger partial charge in [-0.2, -0.15) is 0 Å². The Labute approximate surface area is 125 Å². The molecule has 3 rings (SSSR count). The fraction of sp³-hybridized carbons (Fsp3) is 0.214. The average Bonchev–Trinajstić information content (AvgIpc) is 3.27. The molecule has 1 fully saturated rings. The summed E-state index contributed by atoms with van der Waals surface area (Å²) >= 11 is 5.81. The summed E-state index contributed by atoms with van der Waals surface area (Å²) in [4.78, 5) is 27.3. The molecule has 108 valence electrons. The highest BCUT2D eigenvalue weighted by Crippen LogP contribution is 2.33.